The lowest BCUT2D eigenvalue weighted by Gasteiger charge is -2.22. The van der Waals surface area contributed by atoms with E-state index in [-0.39, 0.29) is 5.91 Å². The summed E-state index contributed by atoms with van der Waals surface area (Å²) in [6.45, 7) is 6.58. The number of rotatable bonds is 6. The van der Waals surface area contributed by atoms with Crippen molar-refractivity contribution >= 4 is 16.7 Å². The van der Waals surface area contributed by atoms with E-state index in [2.05, 4.69) is 23.5 Å². The SMILES string of the molecule is Cc1ccc(C)c(CS(=O)C(C)C(=O)NCC2CCCCC2)c1. The Hall–Kier alpha value is -1.16. The highest BCUT2D eigenvalue weighted by molar-refractivity contribution is 7.85. The highest BCUT2D eigenvalue weighted by Gasteiger charge is 2.22. The Balaban J connectivity index is 1.85. The van der Waals surface area contributed by atoms with E-state index in [1.54, 1.807) is 6.92 Å². The standard InChI is InChI=1S/C19H29NO2S/c1-14-9-10-15(2)18(11-14)13-23(22)16(3)19(21)20-12-17-7-5-4-6-8-17/h9-11,16-17H,4-8,12-13H2,1-3H3,(H,20,21). The van der Waals surface area contributed by atoms with Gasteiger partial charge in [0.1, 0.15) is 5.25 Å². The molecule has 0 bridgehead atoms. The summed E-state index contributed by atoms with van der Waals surface area (Å²) in [4.78, 5) is 12.3. The first-order valence-corrected chi connectivity index (χ1v) is 10.1. The van der Waals surface area contributed by atoms with E-state index < -0.39 is 16.0 Å². The lowest BCUT2D eigenvalue weighted by molar-refractivity contribution is -0.120. The van der Waals surface area contributed by atoms with Crippen molar-refractivity contribution in [3.63, 3.8) is 0 Å². The zero-order valence-electron chi connectivity index (χ0n) is 14.6. The van der Waals surface area contributed by atoms with Gasteiger partial charge in [-0.2, -0.15) is 0 Å². The zero-order valence-corrected chi connectivity index (χ0v) is 15.4. The molecule has 0 aromatic heterocycles. The lowest BCUT2D eigenvalue weighted by Crippen LogP contribution is -2.38. The third kappa shape index (κ3) is 5.45. The molecule has 1 aromatic carbocycles. The number of amides is 1. The number of hydrogen-bond acceptors (Lipinski definition) is 2. The molecule has 0 heterocycles. The Labute approximate surface area is 142 Å². The minimum Gasteiger partial charge on any atom is -0.355 e. The van der Waals surface area contributed by atoms with Crippen molar-refractivity contribution in [3.8, 4) is 0 Å². The Bertz CT molecular complexity index is 564. The molecule has 0 aliphatic heterocycles. The molecule has 4 heteroatoms. The van der Waals surface area contributed by atoms with Gasteiger partial charge in [0, 0.05) is 23.1 Å². The molecule has 2 atom stereocenters. The van der Waals surface area contributed by atoms with Gasteiger partial charge in [-0.3, -0.25) is 9.00 Å². The van der Waals surface area contributed by atoms with Crippen LogP contribution in [0.2, 0.25) is 0 Å². The summed E-state index contributed by atoms with van der Waals surface area (Å²) in [5, 5.41) is 2.55. The highest BCUT2D eigenvalue weighted by atomic mass is 32.2. The average molecular weight is 336 g/mol. The highest BCUT2D eigenvalue weighted by Crippen LogP contribution is 2.22. The maximum Gasteiger partial charge on any atom is 0.235 e. The molecular weight excluding hydrogens is 306 g/mol. The topological polar surface area (TPSA) is 46.2 Å². The first-order valence-electron chi connectivity index (χ1n) is 8.68. The van der Waals surface area contributed by atoms with Gasteiger partial charge in [0.25, 0.3) is 0 Å². The lowest BCUT2D eigenvalue weighted by atomic mass is 9.89. The molecular formula is C19H29NO2S. The number of aryl methyl sites for hydroxylation is 2. The smallest absolute Gasteiger partial charge is 0.235 e. The van der Waals surface area contributed by atoms with Gasteiger partial charge in [-0.25, -0.2) is 0 Å². The van der Waals surface area contributed by atoms with E-state index in [4.69, 9.17) is 0 Å². The predicted molar refractivity (Wildman–Crippen MR) is 96.8 cm³/mol. The van der Waals surface area contributed by atoms with E-state index in [1.165, 1.54) is 32.1 Å². The normalized spacial score (nSPS) is 18.4. The fraction of sp³-hybridized carbons (Fsp3) is 0.632. The molecule has 0 saturated heterocycles. The maximum atomic E-state index is 12.5. The van der Waals surface area contributed by atoms with E-state index in [0.29, 0.717) is 11.7 Å². The summed E-state index contributed by atoms with van der Waals surface area (Å²) in [5.74, 6) is 0.984. The summed E-state index contributed by atoms with van der Waals surface area (Å²) in [7, 11) is -1.18. The van der Waals surface area contributed by atoms with Crippen LogP contribution in [0.3, 0.4) is 0 Å². The van der Waals surface area contributed by atoms with Gasteiger partial charge in [-0.1, -0.05) is 43.0 Å². The van der Waals surface area contributed by atoms with Crippen LogP contribution in [0.25, 0.3) is 0 Å². The molecule has 1 fully saturated rings. The second-order valence-electron chi connectivity index (χ2n) is 6.85. The number of hydrogen-bond donors (Lipinski definition) is 1. The summed E-state index contributed by atoms with van der Waals surface area (Å²) < 4.78 is 12.5. The molecule has 1 saturated carbocycles. The van der Waals surface area contributed by atoms with Crippen LogP contribution in [0.4, 0.5) is 0 Å². The minimum absolute atomic E-state index is 0.0702. The molecule has 0 radical (unpaired) electrons. The molecule has 1 amide bonds. The molecule has 3 nitrogen and oxygen atoms in total. The Morgan fingerprint density at radius 3 is 2.65 bits per heavy atom. The number of carbonyl (C=O) groups excluding carboxylic acids is 1. The largest absolute Gasteiger partial charge is 0.355 e. The van der Waals surface area contributed by atoms with Crippen molar-refractivity contribution < 1.29 is 9.00 Å². The van der Waals surface area contributed by atoms with Crippen molar-refractivity contribution in [1.82, 2.24) is 5.32 Å². The Kier molecular flexibility index (Phi) is 6.82. The average Bonchev–Trinajstić information content (AvgIpc) is 2.56. The van der Waals surface area contributed by atoms with Gasteiger partial charge in [-0.15, -0.1) is 0 Å². The molecule has 0 spiro atoms. The quantitative estimate of drug-likeness (QED) is 0.863. The van der Waals surface area contributed by atoms with Crippen LogP contribution in [0.5, 0.6) is 0 Å². The van der Waals surface area contributed by atoms with E-state index in [1.807, 2.05) is 13.8 Å². The molecule has 1 aliphatic rings. The van der Waals surface area contributed by atoms with Crippen LogP contribution in [0.1, 0.15) is 55.7 Å². The fourth-order valence-corrected chi connectivity index (χ4v) is 4.32. The molecule has 23 heavy (non-hydrogen) atoms. The van der Waals surface area contributed by atoms with Crippen LogP contribution in [0.15, 0.2) is 18.2 Å². The van der Waals surface area contributed by atoms with Gasteiger partial charge in [0.2, 0.25) is 5.91 Å². The van der Waals surface area contributed by atoms with Crippen molar-refractivity contribution in [2.24, 2.45) is 5.92 Å². The molecule has 1 aliphatic carbocycles. The van der Waals surface area contributed by atoms with Crippen molar-refractivity contribution in [2.45, 2.75) is 63.9 Å². The fourth-order valence-electron chi connectivity index (χ4n) is 3.13. The Morgan fingerprint density at radius 2 is 1.96 bits per heavy atom. The molecule has 128 valence electrons. The molecule has 2 unspecified atom stereocenters. The van der Waals surface area contributed by atoms with Gasteiger partial charge >= 0.3 is 0 Å². The number of benzene rings is 1. The summed E-state index contributed by atoms with van der Waals surface area (Å²) in [6.07, 6.45) is 6.28. The van der Waals surface area contributed by atoms with Crippen molar-refractivity contribution in [2.75, 3.05) is 6.54 Å². The molecule has 1 aromatic rings. The third-order valence-electron chi connectivity index (χ3n) is 4.86. The van der Waals surface area contributed by atoms with Crippen molar-refractivity contribution in [1.29, 1.82) is 0 Å². The van der Waals surface area contributed by atoms with Crippen LogP contribution in [-0.4, -0.2) is 21.9 Å². The van der Waals surface area contributed by atoms with Crippen LogP contribution in [0, 0.1) is 19.8 Å². The zero-order chi connectivity index (χ0) is 16.8. The van der Waals surface area contributed by atoms with E-state index in [0.717, 1.165) is 23.2 Å². The third-order valence-corrected chi connectivity index (χ3v) is 6.45. The van der Waals surface area contributed by atoms with E-state index >= 15 is 0 Å². The second-order valence-corrected chi connectivity index (χ2v) is 8.60. The first-order chi connectivity index (χ1) is 11.0. The predicted octanol–water partition coefficient (Wildman–Crippen LogP) is 3.64. The van der Waals surface area contributed by atoms with Crippen LogP contribution >= 0.6 is 0 Å². The van der Waals surface area contributed by atoms with Crippen LogP contribution < -0.4 is 5.32 Å². The maximum absolute atomic E-state index is 12.5. The minimum atomic E-state index is -1.18. The van der Waals surface area contributed by atoms with Crippen molar-refractivity contribution in [3.05, 3.63) is 34.9 Å². The Morgan fingerprint density at radius 1 is 1.26 bits per heavy atom. The van der Waals surface area contributed by atoms with Gasteiger partial charge in [-0.05, 0) is 50.7 Å². The summed E-state index contributed by atoms with van der Waals surface area (Å²) in [5.41, 5.74) is 3.38. The number of nitrogens with one attached hydrogen (secondary N) is 1. The van der Waals surface area contributed by atoms with Gasteiger partial charge < -0.3 is 5.32 Å². The first kappa shape index (κ1) is 18.2. The van der Waals surface area contributed by atoms with E-state index in [9.17, 15) is 9.00 Å². The van der Waals surface area contributed by atoms with Gasteiger partial charge in [0.05, 0.1) is 0 Å². The number of carbonyl (C=O) groups is 1. The second kappa shape index (κ2) is 8.62. The monoisotopic (exact) mass is 335 g/mol. The van der Waals surface area contributed by atoms with Gasteiger partial charge in [0.15, 0.2) is 0 Å². The summed E-state index contributed by atoms with van der Waals surface area (Å²) >= 11 is 0. The molecule has 1 N–H and O–H groups in total. The van der Waals surface area contributed by atoms with Crippen LogP contribution in [-0.2, 0) is 21.3 Å². The molecule has 2 rings (SSSR count). The summed E-state index contributed by atoms with van der Waals surface area (Å²) in [6, 6.07) is 6.18.